The Bertz CT molecular complexity index is 1110. The number of likely N-dealkylation sites (N-methyl/N-ethyl adjacent to an activating group) is 1. The van der Waals surface area contributed by atoms with Gasteiger partial charge in [-0.2, -0.15) is 0 Å². The smallest absolute Gasteiger partial charge is 0.245 e. The number of nitrogens with one attached hydrogen (secondary N) is 3. The van der Waals surface area contributed by atoms with Gasteiger partial charge in [0, 0.05) is 39.3 Å². The number of hydrogen-bond acceptors (Lipinski definition) is 6. The van der Waals surface area contributed by atoms with E-state index in [0.717, 1.165) is 11.3 Å². The molecule has 0 bridgehead atoms. The van der Waals surface area contributed by atoms with Crippen molar-refractivity contribution in [3.8, 4) is 0 Å². The van der Waals surface area contributed by atoms with E-state index < -0.39 is 24.0 Å². The Morgan fingerprint density at radius 1 is 0.974 bits per heavy atom. The molecule has 1 aliphatic rings. The first-order chi connectivity index (χ1) is 18.7. The summed E-state index contributed by atoms with van der Waals surface area (Å²) in [7, 11) is 1.52. The zero-order chi connectivity index (χ0) is 28.4. The summed E-state index contributed by atoms with van der Waals surface area (Å²) in [5.41, 5.74) is 1.73. The van der Waals surface area contributed by atoms with E-state index in [9.17, 15) is 19.2 Å². The van der Waals surface area contributed by atoms with Gasteiger partial charge >= 0.3 is 0 Å². The third kappa shape index (κ3) is 8.88. The van der Waals surface area contributed by atoms with E-state index in [1.807, 2.05) is 67.3 Å². The first-order valence-corrected chi connectivity index (χ1v) is 13.5. The van der Waals surface area contributed by atoms with Gasteiger partial charge in [0.25, 0.3) is 0 Å². The van der Waals surface area contributed by atoms with Crippen LogP contribution in [0.25, 0.3) is 0 Å². The van der Waals surface area contributed by atoms with Crippen LogP contribution in [0.1, 0.15) is 38.4 Å². The van der Waals surface area contributed by atoms with Gasteiger partial charge < -0.3 is 20.9 Å². The van der Waals surface area contributed by atoms with Gasteiger partial charge in [-0.1, -0.05) is 50.2 Å². The fourth-order valence-electron chi connectivity index (χ4n) is 4.51. The summed E-state index contributed by atoms with van der Waals surface area (Å²) in [6, 6.07) is 13.0. The highest BCUT2D eigenvalue weighted by Gasteiger charge is 2.32. The number of aromatic nitrogens is 1. The van der Waals surface area contributed by atoms with Crippen LogP contribution in [-0.2, 0) is 32.1 Å². The lowest BCUT2D eigenvalue weighted by Crippen LogP contribution is -2.57. The van der Waals surface area contributed by atoms with Crippen molar-refractivity contribution in [2.45, 2.75) is 58.3 Å². The van der Waals surface area contributed by atoms with Crippen LogP contribution < -0.4 is 16.0 Å². The maximum absolute atomic E-state index is 13.3. The standard InChI is InChI=1S/C29H40N6O4/c1-20(2)26-29(39)34(4)19-25(36)32-24(17-22-11-6-5-7-12-22)28(38)31-15-10-16-35(21(3)27(37)33-26)18-23-13-8-9-14-30-23/h5-9,11-14,20-21,24,26H,10,15-19H2,1-4H3,(H,31,38)(H,32,36)(H,33,37)/t21-,24+,26+/m1/s1. The molecule has 1 aromatic carbocycles. The number of pyridine rings is 1. The number of nitrogens with zero attached hydrogens (tertiary/aromatic N) is 3. The zero-order valence-electron chi connectivity index (χ0n) is 23.2. The molecule has 210 valence electrons. The monoisotopic (exact) mass is 536 g/mol. The number of carbonyl (C=O) groups excluding carboxylic acids is 4. The van der Waals surface area contributed by atoms with Crippen molar-refractivity contribution < 1.29 is 19.2 Å². The summed E-state index contributed by atoms with van der Waals surface area (Å²) in [5.74, 6) is -1.59. The van der Waals surface area contributed by atoms with Gasteiger partial charge in [0.15, 0.2) is 0 Å². The molecule has 2 heterocycles. The van der Waals surface area contributed by atoms with E-state index in [1.165, 1.54) is 11.9 Å². The molecule has 1 aliphatic heterocycles. The summed E-state index contributed by atoms with van der Waals surface area (Å²) >= 11 is 0. The van der Waals surface area contributed by atoms with Crippen molar-refractivity contribution in [2.24, 2.45) is 5.92 Å². The van der Waals surface area contributed by atoms with E-state index in [4.69, 9.17) is 0 Å². The van der Waals surface area contributed by atoms with Crippen LogP contribution in [0, 0.1) is 5.92 Å². The molecule has 39 heavy (non-hydrogen) atoms. The van der Waals surface area contributed by atoms with Crippen LogP contribution in [0.4, 0.5) is 0 Å². The molecule has 0 unspecified atom stereocenters. The van der Waals surface area contributed by atoms with Gasteiger partial charge in [-0.05, 0) is 37.0 Å². The molecule has 4 amide bonds. The van der Waals surface area contributed by atoms with Crippen LogP contribution in [0.2, 0.25) is 0 Å². The normalized spacial score (nSPS) is 22.8. The van der Waals surface area contributed by atoms with Crippen LogP contribution >= 0.6 is 0 Å². The average molecular weight is 537 g/mol. The van der Waals surface area contributed by atoms with Crippen LogP contribution in [-0.4, -0.2) is 83.2 Å². The van der Waals surface area contributed by atoms with Crippen molar-refractivity contribution in [2.75, 3.05) is 26.7 Å². The van der Waals surface area contributed by atoms with Gasteiger partial charge in [-0.15, -0.1) is 0 Å². The summed E-state index contributed by atoms with van der Waals surface area (Å²) in [4.78, 5) is 60.4. The summed E-state index contributed by atoms with van der Waals surface area (Å²) < 4.78 is 0. The molecule has 0 radical (unpaired) electrons. The lowest BCUT2D eigenvalue weighted by atomic mass is 10.0. The van der Waals surface area contributed by atoms with Crippen molar-refractivity contribution in [3.63, 3.8) is 0 Å². The molecular formula is C29H40N6O4. The molecule has 2 aromatic rings. The molecule has 10 nitrogen and oxygen atoms in total. The van der Waals surface area contributed by atoms with Gasteiger partial charge in [0.2, 0.25) is 23.6 Å². The highest BCUT2D eigenvalue weighted by molar-refractivity contribution is 5.93. The number of benzene rings is 1. The second-order valence-corrected chi connectivity index (χ2v) is 10.3. The third-order valence-electron chi connectivity index (χ3n) is 6.86. The largest absolute Gasteiger partial charge is 0.354 e. The van der Waals surface area contributed by atoms with Crippen molar-refractivity contribution in [3.05, 3.63) is 66.0 Å². The maximum atomic E-state index is 13.3. The minimum absolute atomic E-state index is 0.195. The summed E-state index contributed by atoms with van der Waals surface area (Å²) in [6.07, 6.45) is 2.61. The molecule has 3 N–H and O–H groups in total. The molecule has 3 rings (SSSR count). The van der Waals surface area contributed by atoms with Gasteiger partial charge in [-0.25, -0.2) is 0 Å². The van der Waals surface area contributed by atoms with E-state index in [1.54, 1.807) is 13.1 Å². The average Bonchev–Trinajstić information content (AvgIpc) is 2.92. The Morgan fingerprint density at radius 3 is 2.36 bits per heavy atom. The minimum atomic E-state index is -0.800. The molecule has 3 atom stereocenters. The number of carbonyl (C=O) groups is 4. The predicted octanol–water partition coefficient (Wildman–Crippen LogP) is 1.12. The Morgan fingerprint density at radius 2 is 1.69 bits per heavy atom. The lowest BCUT2D eigenvalue weighted by Gasteiger charge is -2.32. The Labute approximate surface area is 230 Å². The molecule has 10 heteroatoms. The topological polar surface area (TPSA) is 124 Å². The molecule has 1 fully saturated rings. The van der Waals surface area contributed by atoms with Gasteiger partial charge in [-0.3, -0.25) is 29.1 Å². The SMILES string of the molecule is CC(C)[C@@H]1NC(=O)[C@@H](C)N(Cc2ccccn2)CCCNC(=O)[C@H](Cc2ccccc2)NC(=O)CN(C)C1=O. The van der Waals surface area contributed by atoms with E-state index in [2.05, 4.69) is 20.9 Å². The van der Waals surface area contributed by atoms with Crippen molar-refractivity contribution >= 4 is 23.6 Å². The predicted molar refractivity (Wildman–Crippen MR) is 148 cm³/mol. The van der Waals surface area contributed by atoms with Crippen LogP contribution in [0.15, 0.2) is 54.7 Å². The molecule has 1 saturated heterocycles. The first-order valence-electron chi connectivity index (χ1n) is 13.5. The number of rotatable bonds is 5. The Hall–Kier alpha value is -3.79. The number of hydrogen-bond donors (Lipinski definition) is 3. The Balaban J connectivity index is 1.85. The van der Waals surface area contributed by atoms with E-state index in [0.29, 0.717) is 32.5 Å². The molecule has 0 aliphatic carbocycles. The number of amides is 4. The molecule has 0 spiro atoms. The molecular weight excluding hydrogens is 496 g/mol. The highest BCUT2D eigenvalue weighted by atomic mass is 16.2. The third-order valence-corrected chi connectivity index (χ3v) is 6.86. The fraction of sp³-hybridized carbons (Fsp3) is 0.483. The first kappa shape index (κ1) is 29.8. The van der Waals surface area contributed by atoms with Crippen molar-refractivity contribution in [1.29, 1.82) is 0 Å². The van der Waals surface area contributed by atoms with Crippen LogP contribution in [0.5, 0.6) is 0 Å². The fourth-order valence-corrected chi connectivity index (χ4v) is 4.51. The van der Waals surface area contributed by atoms with Crippen LogP contribution in [0.3, 0.4) is 0 Å². The van der Waals surface area contributed by atoms with Crippen molar-refractivity contribution in [1.82, 2.24) is 30.7 Å². The van der Waals surface area contributed by atoms with E-state index >= 15 is 0 Å². The molecule has 0 saturated carbocycles. The second-order valence-electron chi connectivity index (χ2n) is 10.3. The zero-order valence-corrected chi connectivity index (χ0v) is 23.2. The van der Waals surface area contributed by atoms with Gasteiger partial charge in [0.05, 0.1) is 18.3 Å². The van der Waals surface area contributed by atoms with E-state index in [-0.39, 0.29) is 30.2 Å². The second kappa shape index (κ2) is 14.4. The van der Waals surface area contributed by atoms with Gasteiger partial charge in [0.1, 0.15) is 12.1 Å². The minimum Gasteiger partial charge on any atom is -0.354 e. The summed E-state index contributed by atoms with van der Waals surface area (Å²) in [6.45, 7) is 6.60. The summed E-state index contributed by atoms with van der Waals surface area (Å²) in [5, 5.41) is 8.64. The lowest BCUT2D eigenvalue weighted by molar-refractivity contribution is -0.140. The highest BCUT2D eigenvalue weighted by Crippen LogP contribution is 2.12. The molecule has 1 aromatic heterocycles. The maximum Gasteiger partial charge on any atom is 0.245 e. The Kier molecular flexibility index (Phi) is 11.0. The quantitative estimate of drug-likeness (QED) is 0.526.